The summed E-state index contributed by atoms with van der Waals surface area (Å²) >= 11 is 0. The van der Waals surface area contributed by atoms with Crippen LogP contribution in [0.15, 0.2) is 5.16 Å². The van der Waals surface area contributed by atoms with E-state index in [2.05, 4.69) is 10.1 Å². The summed E-state index contributed by atoms with van der Waals surface area (Å²) in [5, 5.41) is 12.0. The number of ether oxygens (including phenoxy) is 1. The number of likely N-dealkylation sites (tertiary alicyclic amines) is 1. The highest BCUT2D eigenvalue weighted by atomic mass is 16.5. The van der Waals surface area contributed by atoms with Gasteiger partial charge in [0.15, 0.2) is 0 Å². The monoisotopic (exact) mass is 295 g/mol. The number of amidine groups is 1. The average molecular weight is 295 g/mol. The van der Waals surface area contributed by atoms with Crippen molar-refractivity contribution in [1.82, 2.24) is 4.90 Å². The molecule has 0 aromatic carbocycles. The van der Waals surface area contributed by atoms with Crippen LogP contribution in [0.1, 0.15) is 57.8 Å². The molecule has 2 heterocycles. The van der Waals surface area contributed by atoms with Crippen molar-refractivity contribution in [2.24, 2.45) is 16.8 Å². The first-order valence-corrected chi connectivity index (χ1v) is 8.58. The van der Waals surface area contributed by atoms with Crippen LogP contribution < -0.4 is 5.73 Å². The number of oxime groups is 1. The van der Waals surface area contributed by atoms with Crippen LogP contribution in [0.2, 0.25) is 0 Å². The van der Waals surface area contributed by atoms with Crippen LogP contribution in [0.25, 0.3) is 0 Å². The normalized spacial score (nSPS) is 32.4. The van der Waals surface area contributed by atoms with Gasteiger partial charge in [-0.25, -0.2) is 0 Å². The van der Waals surface area contributed by atoms with E-state index in [1.54, 1.807) is 0 Å². The van der Waals surface area contributed by atoms with Gasteiger partial charge >= 0.3 is 0 Å². The summed E-state index contributed by atoms with van der Waals surface area (Å²) in [5.41, 5.74) is 5.93. The molecule has 1 saturated carbocycles. The quantitative estimate of drug-likeness (QED) is 0.355. The van der Waals surface area contributed by atoms with Crippen molar-refractivity contribution < 1.29 is 9.94 Å². The first-order valence-electron chi connectivity index (χ1n) is 8.58. The van der Waals surface area contributed by atoms with E-state index in [9.17, 15) is 0 Å². The van der Waals surface area contributed by atoms with E-state index in [0.717, 1.165) is 39.0 Å². The average Bonchev–Trinajstić information content (AvgIpc) is 2.55. The summed E-state index contributed by atoms with van der Waals surface area (Å²) in [7, 11) is 0. The third kappa shape index (κ3) is 3.34. The molecular weight excluding hydrogens is 266 g/mol. The second-order valence-corrected chi connectivity index (χ2v) is 7.07. The fourth-order valence-corrected chi connectivity index (χ4v) is 4.50. The zero-order chi connectivity index (χ0) is 14.7. The molecule has 1 atom stereocenters. The molecule has 120 valence electrons. The number of hydrogen-bond donors (Lipinski definition) is 2. The van der Waals surface area contributed by atoms with Gasteiger partial charge in [0, 0.05) is 18.6 Å². The Morgan fingerprint density at radius 1 is 1.14 bits per heavy atom. The van der Waals surface area contributed by atoms with Gasteiger partial charge in [0.1, 0.15) is 5.84 Å². The molecule has 5 heteroatoms. The van der Waals surface area contributed by atoms with E-state index in [4.69, 9.17) is 15.7 Å². The molecule has 5 nitrogen and oxygen atoms in total. The van der Waals surface area contributed by atoms with Gasteiger partial charge in [0.2, 0.25) is 0 Å². The third-order valence-electron chi connectivity index (χ3n) is 5.81. The number of piperidine rings is 1. The lowest BCUT2D eigenvalue weighted by Crippen LogP contribution is -2.52. The van der Waals surface area contributed by atoms with Crippen molar-refractivity contribution >= 4 is 5.84 Å². The predicted octanol–water partition coefficient (Wildman–Crippen LogP) is 2.33. The first kappa shape index (κ1) is 15.1. The molecule has 0 bridgehead atoms. The number of nitrogens with two attached hydrogens (primary N) is 1. The SMILES string of the molecule is NC(=NO)C1CCN(C2CCOC3(CCCCC3)C2)CC1. The lowest BCUT2D eigenvalue weighted by molar-refractivity contribution is -0.126. The summed E-state index contributed by atoms with van der Waals surface area (Å²) in [5.74, 6) is 0.667. The van der Waals surface area contributed by atoms with E-state index in [1.165, 1.54) is 38.5 Å². The molecule has 2 aliphatic heterocycles. The Morgan fingerprint density at radius 2 is 1.86 bits per heavy atom. The van der Waals surface area contributed by atoms with Crippen molar-refractivity contribution in [1.29, 1.82) is 0 Å². The molecule has 3 fully saturated rings. The highest BCUT2D eigenvalue weighted by Crippen LogP contribution is 2.40. The van der Waals surface area contributed by atoms with Gasteiger partial charge in [-0.2, -0.15) is 0 Å². The summed E-state index contributed by atoms with van der Waals surface area (Å²) in [4.78, 5) is 2.63. The standard InChI is InChI=1S/C16H29N3O2/c17-15(18-20)13-4-9-19(10-5-13)14-6-11-21-16(12-14)7-2-1-3-8-16/h13-14,20H,1-12H2,(H2,17,18). The van der Waals surface area contributed by atoms with Crippen molar-refractivity contribution in [2.75, 3.05) is 19.7 Å². The molecule has 3 N–H and O–H groups in total. The Kier molecular flexibility index (Phi) is 4.69. The molecule has 1 unspecified atom stereocenters. The van der Waals surface area contributed by atoms with Gasteiger partial charge in [-0.1, -0.05) is 24.4 Å². The Balaban J connectivity index is 1.55. The number of rotatable bonds is 2. The van der Waals surface area contributed by atoms with E-state index in [-0.39, 0.29) is 11.5 Å². The van der Waals surface area contributed by atoms with Crippen LogP contribution >= 0.6 is 0 Å². The van der Waals surface area contributed by atoms with Gasteiger partial charge in [-0.3, -0.25) is 0 Å². The minimum Gasteiger partial charge on any atom is -0.409 e. The number of nitrogens with zero attached hydrogens (tertiary/aromatic N) is 2. The van der Waals surface area contributed by atoms with Gasteiger partial charge < -0.3 is 20.6 Å². The van der Waals surface area contributed by atoms with E-state index < -0.39 is 0 Å². The van der Waals surface area contributed by atoms with Crippen molar-refractivity contribution in [2.45, 2.75) is 69.4 Å². The van der Waals surface area contributed by atoms with Crippen LogP contribution in [0.3, 0.4) is 0 Å². The van der Waals surface area contributed by atoms with Crippen LogP contribution in [-0.2, 0) is 4.74 Å². The van der Waals surface area contributed by atoms with Gasteiger partial charge in [-0.15, -0.1) is 0 Å². The van der Waals surface area contributed by atoms with E-state index in [0.29, 0.717) is 11.9 Å². The topological polar surface area (TPSA) is 71.1 Å². The minimum absolute atomic E-state index is 0.184. The largest absolute Gasteiger partial charge is 0.409 e. The molecule has 1 aliphatic carbocycles. The highest BCUT2D eigenvalue weighted by Gasteiger charge is 2.40. The van der Waals surface area contributed by atoms with Gasteiger partial charge in [0.25, 0.3) is 0 Å². The Labute approximate surface area is 127 Å². The molecular formula is C16H29N3O2. The van der Waals surface area contributed by atoms with Crippen LogP contribution in [0, 0.1) is 5.92 Å². The fourth-order valence-electron chi connectivity index (χ4n) is 4.50. The van der Waals surface area contributed by atoms with E-state index in [1.807, 2.05) is 0 Å². The summed E-state index contributed by atoms with van der Waals surface area (Å²) in [6.45, 7) is 3.06. The first-order chi connectivity index (χ1) is 10.2. The molecule has 3 aliphatic rings. The molecule has 2 saturated heterocycles. The molecule has 0 aromatic heterocycles. The van der Waals surface area contributed by atoms with Crippen LogP contribution in [0.5, 0.6) is 0 Å². The Morgan fingerprint density at radius 3 is 2.52 bits per heavy atom. The predicted molar refractivity (Wildman–Crippen MR) is 82.5 cm³/mol. The fraction of sp³-hybridized carbons (Fsp3) is 0.938. The zero-order valence-electron chi connectivity index (χ0n) is 13.0. The Hall–Kier alpha value is -0.810. The maximum absolute atomic E-state index is 8.80. The second-order valence-electron chi connectivity index (χ2n) is 7.07. The molecule has 1 spiro atoms. The lowest BCUT2D eigenvalue weighted by Gasteiger charge is -2.48. The molecule has 3 rings (SSSR count). The van der Waals surface area contributed by atoms with Crippen LogP contribution in [-0.4, -0.2) is 47.3 Å². The van der Waals surface area contributed by atoms with Gasteiger partial charge in [-0.05, 0) is 51.6 Å². The van der Waals surface area contributed by atoms with Gasteiger partial charge in [0.05, 0.1) is 5.60 Å². The smallest absolute Gasteiger partial charge is 0.142 e. The molecule has 0 amide bonds. The molecule has 0 radical (unpaired) electrons. The van der Waals surface area contributed by atoms with Crippen LogP contribution in [0.4, 0.5) is 0 Å². The number of hydrogen-bond acceptors (Lipinski definition) is 4. The van der Waals surface area contributed by atoms with Crippen molar-refractivity contribution in [3.63, 3.8) is 0 Å². The molecule has 21 heavy (non-hydrogen) atoms. The highest BCUT2D eigenvalue weighted by molar-refractivity contribution is 5.82. The lowest BCUT2D eigenvalue weighted by atomic mass is 9.77. The summed E-state index contributed by atoms with van der Waals surface area (Å²) in [6, 6.07) is 0.671. The zero-order valence-corrected chi connectivity index (χ0v) is 13.0. The van der Waals surface area contributed by atoms with E-state index >= 15 is 0 Å². The molecule has 0 aromatic rings. The Bertz CT molecular complexity index is 366. The third-order valence-corrected chi connectivity index (χ3v) is 5.81. The maximum Gasteiger partial charge on any atom is 0.142 e. The van der Waals surface area contributed by atoms with Crippen molar-refractivity contribution in [3.05, 3.63) is 0 Å². The maximum atomic E-state index is 8.80. The minimum atomic E-state index is 0.184. The summed E-state index contributed by atoms with van der Waals surface area (Å²) < 4.78 is 6.21. The second kappa shape index (κ2) is 6.53. The summed E-state index contributed by atoms with van der Waals surface area (Å²) in [6.07, 6.45) is 10.9. The van der Waals surface area contributed by atoms with Crippen molar-refractivity contribution in [3.8, 4) is 0 Å².